The monoisotopic (exact) mass is 176 g/mol. The van der Waals surface area contributed by atoms with Crippen molar-refractivity contribution in [1.29, 1.82) is 5.41 Å². The summed E-state index contributed by atoms with van der Waals surface area (Å²) in [6.07, 6.45) is 11.0. The number of hydrogen-bond donors (Lipinski definition) is 2. The van der Waals surface area contributed by atoms with Crippen LogP contribution in [0, 0.1) is 5.41 Å². The lowest BCUT2D eigenvalue weighted by Crippen LogP contribution is -1.82. The second-order valence-corrected chi connectivity index (χ2v) is 2.64. The Morgan fingerprint density at radius 1 is 1.54 bits per heavy atom. The SMILES string of the molecule is C=C/C=C(\C=N)C/C=C\C(C)=C/N. The summed E-state index contributed by atoms with van der Waals surface area (Å²) in [7, 11) is 0. The molecule has 70 valence electrons. The Kier molecular flexibility index (Phi) is 6.24. The van der Waals surface area contributed by atoms with E-state index in [-0.39, 0.29) is 0 Å². The zero-order valence-corrected chi connectivity index (χ0v) is 7.96. The molecule has 0 amide bonds. The zero-order chi connectivity index (χ0) is 10.1. The van der Waals surface area contributed by atoms with E-state index in [2.05, 4.69) is 6.58 Å². The second-order valence-electron chi connectivity index (χ2n) is 2.64. The van der Waals surface area contributed by atoms with Gasteiger partial charge >= 0.3 is 0 Å². The Bertz CT molecular complexity index is 257. The summed E-state index contributed by atoms with van der Waals surface area (Å²) in [6, 6.07) is 0. The van der Waals surface area contributed by atoms with Gasteiger partial charge in [0.05, 0.1) is 0 Å². The third-order valence-corrected chi connectivity index (χ3v) is 1.51. The molecule has 0 saturated heterocycles. The summed E-state index contributed by atoms with van der Waals surface area (Å²) < 4.78 is 0. The molecule has 0 heterocycles. The fourth-order valence-corrected chi connectivity index (χ4v) is 0.763. The first-order chi connectivity index (χ1) is 6.24. The van der Waals surface area contributed by atoms with Crippen LogP contribution in [-0.2, 0) is 0 Å². The lowest BCUT2D eigenvalue weighted by Gasteiger charge is -1.93. The normalized spacial score (nSPS) is 13.3. The molecule has 0 unspecified atom stereocenters. The van der Waals surface area contributed by atoms with Crippen LogP contribution >= 0.6 is 0 Å². The van der Waals surface area contributed by atoms with Gasteiger partial charge in [-0.2, -0.15) is 0 Å². The molecule has 0 aliphatic heterocycles. The van der Waals surface area contributed by atoms with Crippen molar-refractivity contribution in [3.63, 3.8) is 0 Å². The summed E-state index contributed by atoms with van der Waals surface area (Å²) in [5, 5.41) is 7.08. The largest absolute Gasteiger partial charge is 0.404 e. The van der Waals surface area contributed by atoms with Crippen LogP contribution in [0.3, 0.4) is 0 Å². The van der Waals surface area contributed by atoms with E-state index in [0.29, 0.717) is 0 Å². The fourth-order valence-electron chi connectivity index (χ4n) is 0.763. The minimum atomic E-state index is 0.737. The molecule has 13 heavy (non-hydrogen) atoms. The van der Waals surface area contributed by atoms with Gasteiger partial charge in [-0.1, -0.05) is 30.9 Å². The number of nitrogens with two attached hydrogens (primary N) is 1. The Balaban J connectivity index is 4.14. The molecule has 3 N–H and O–H groups in total. The third-order valence-electron chi connectivity index (χ3n) is 1.51. The van der Waals surface area contributed by atoms with Gasteiger partial charge in [0.25, 0.3) is 0 Å². The van der Waals surface area contributed by atoms with Crippen molar-refractivity contribution in [2.75, 3.05) is 0 Å². The van der Waals surface area contributed by atoms with Crippen LogP contribution in [0.2, 0.25) is 0 Å². The van der Waals surface area contributed by atoms with Crippen LogP contribution < -0.4 is 5.73 Å². The number of nitrogens with one attached hydrogen (secondary N) is 1. The van der Waals surface area contributed by atoms with E-state index in [4.69, 9.17) is 11.1 Å². The summed E-state index contributed by atoms with van der Waals surface area (Å²) in [6.45, 7) is 5.50. The first-order valence-electron chi connectivity index (χ1n) is 4.11. The molecular formula is C11H16N2. The van der Waals surface area contributed by atoms with Crippen LogP contribution in [0.25, 0.3) is 0 Å². The summed E-state index contributed by atoms with van der Waals surface area (Å²) >= 11 is 0. The van der Waals surface area contributed by atoms with Gasteiger partial charge in [-0.05, 0) is 30.7 Å². The van der Waals surface area contributed by atoms with Crippen molar-refractivity contribution in [3.05, 3.63) is 48.2 Å². The topological polar surface area (TPSA) is 49.9 Å². The first kappa shape index (κ1) is 11.4. The van der Waals surface area contributed by atoms with Gasteiger partial charge in [0.2, 0.25) is 0 Å². The zero-order valence-electron chi connectivity index (χ0n) is 7.96. The lowest BCUT2D eigenvalue weighted by molar-refractivity contribution is 1.30. The van der Waals surface area contributed by atoms with Gasteiger partial charge < -0.3 is 11.1 Å². The van der Waals surface area contributed by atoms with Gasteiger partial charge in [0.1, 0.15) is 0 Å². The maximum atomic E-state index is 7.08. The molecule has 0 spiro atoms. The minimum Gasteiger partial charge on any atom is -0.404 e. The van der Waals surface area contributed by atoms with Crippen LogP contribution in [0.1, 0.15) is 13.3 Å². The fraction of sp³-hybridized carbons (Fsp3) is 0.182. The van der Waals surface area contributed by atoms with Crippen molar-refractivity contribution in [2.45, 2.75) is 13.3 Å². The van der Waals surface area contributed by atoms with Crippen molar-refractivity contribution in [1.82, 2.24) is 0 Å². The second kappa shape index (κ2) is 7.10. The van der Waals surface area contributed by atoms with E-state index >= 15 is 0 Å². The van der Waals surface area contributed by atoms with E-state index in [1.54, 1.807) is 12.3 Å². The number of hydrogen-bond acceptors (Lipinski definition) is 2. The van der Waals surface area contributed by atoms with E-state index in [1.807, 2.05) is 25.2 Å². The molecule has 0 fully saturated rings. The van der Waals surface area contributed by atoms with Crippen LogP contribution in [0.4, 0.5) is 0 Å². The molecule has 0 saturated carbocycles. The molecule has 0 rings (SSSR count). The Morgan fingerprint density at radius 2 is 2.23 bits per heavy atom. The van der Waals surface area contributed by atoms with Gasteiger partial charge in [0.15, 0.2) is 0 Å². The molecule has 0 atom stereocenters. The predicted molar refractivity (Wildman–Crippen MR) is 58.8 cm³/mol. The molecule has 2 heteroatoms. The third kappa shape index (κ3) is 5.67. The molecule has 0 aliphatic rings. The highest BCUT2D eigenvalue weighted by molar-refractivity contribution is 5.76. The van der Waals surface area contributed by atoms with Crippen LogP contribution in [0.15, 0.2) is 48.2 Å². The van der Waals surface area contributed by atoms with E-state index < -0.39 is 0 Å². The van der Waals surface area contributed by atoms with Crippen molar-refractivity contribution in [2.24, 2.45) is 5.73 Å². The number of rotatable bonds is 5. The Labute approximate surface area is 79.7 Å². The molecule has 0 aromatic rings. The lowest BCUT2D eigenvalue weighted by atomic mass is 10.1. The average molecular weight is 176 g/mol. The van der Waals surface area contributed by atoms with E-state index in [9.17, 15) is 0 Å². The van der Waals surface area contributed by atoms with Crippen LogP contribution in [0.5, 0.6) is 0 Å². The molecule has 0 radical (unpaired) electrons. The molecule has 0 bridgehead atoms. The van der Waals surface area contributed by atoms with Gasteiger partial charge in [-0.3, -0.25) is 0 Å². The first-order valence-corrected chi connectivity index (χ1v) is 4.11. The Morgan fingerprint density at radius 3 is 2.69 bits per heavy atom. The summed E-state index contributed by atoms with van der Waals surface area (Å²) in [5.41, 5.74) is 7.23. The molecular weight excluding hydrogens is 160 g/mol. The Hall–Kier alpha value is -1.57. The highest BCUT2D eigenvalue weighted by Crippen LogP contribution is 2.01. The molecule has 2 nitrogen and oxygen atoms in total. The summed E-state index contributed by atoms with van der Waals surface area (Å²) in [5.74, 6) is 0. The maximum absolute atomic E-state index is 7.08. The quantitative estimate of drug-likeness (QED) is 0.491. The number of allylic oxidation sites excluding steroid dienone is 6. The van der Waals surface area contributed by atoms with E-state index in [0.717, 1.165) is 17.6 Å². The standard InChI is InChI=1S/C11H16N2/c1-3-5-11(9-13)7-4-6-10(2)8-12/h3-6,8-9,13H,1,7,12H2,2H3/b6-4-,10-8-,11-5-,13-9?. The van der Waals surface area contributed by atoms with Gasteiger partial charge in [-0.15, -0.1) is 0 Å². The molecule has 0 aromatic carbocycles. The predicted octanol–water partition coefficient (Wildman–Crippen LogP) is 2.56. The van der Waals surface area contributed by atoms with Gasteiger partial charge in [0, 0.05) is 6.21 Å². The maximum Gasteiger partial charge on any atom is 0.0212 e. The van der Waals surface area contributed by atoms with Crippen molar-refractivity contribution in [3.8, 4) is 0 Å². The smallest absolute Gasteiger partial charge is 0.0212 e. The molecule has 0 aliphatic carbocycles. The van der Waals surface area contributed by atoms with Gasteiger partial charge in [-0.25, -0.2) is 0 Å². The van der Waals surface area contributed by atoms with Crippen molar-refractivity contribution < 1.29 is 0 Å². The van der Waals surface area contributed by atoms with Crippen molar-refractivity contribution >= 4 is 6.21 Å². The average Bonchev–Trinajstić information content (AvgIpc) is 2.16. The van der Waals surface area contributed by atoms with Crippen LogP contribution in [-0.4, -0.2) is 6.21 Å². The summed E-state index contributed by atoms with van der Waals surface area (Å²) in [4.78, 5) is 0. The highest BCUT2D eigenvalue weighted by atomic mass is 14.5. The highest BCUT2D eigenvalue weighted by Gasteiger charge is 1.86. The minimum absolute atomic E-state index is 0.737. The van der Waals surface area contributed by atoms with E-state index in [1.165, 1.54) is 6.21 Å². The molecule has 0 aromatic heterocycles.